The fourth-order valence-electron chi connectivity index (χ4n) is 1.91. The van der Waals surface area contributed by atoms with Crippen LogP contribution in [0.5, 0.6) is 5.75 Å². The Morgan fingerprint density at radius 3 is 2.33 bits per heavy atom. The van der Waals surface area contributed by atoms with Gasteiger partial charge in [-0.15, -0.1) is 0 Å². The van der Waals surface area contributed by atoms with Gasteiger partial charge in [-0.05, 0) is 18.1 Å². The van der Waals surface area contributed by atoms with Crippen molar-refractivity contribution in [3.05, 3.63) is 61.5 Å². The van der Waals surface area contributed by atoms with E-state index in [1.807, 2.05) is 24.3 Å². The van der Waals surface area contributed by atoms with Crippen LogP contribution in [0.25, 0.3) is 11.1 Å². The van der Waals surface area contributed by atoms with Gasteiger partial charge in [-0.3, -0.25) is 0 Å². The largest absolute Gasteiger partial charge is 0.493 e. The summed E-state index contributed by atoms with van der Waals surface area (Å²) in [5, 5.41) is 0. The molecule has 2 aromatic rings. The molecule has 0 bridgehead atoms. The minimum absolute atomic E-state index is 0.763. The van der Waals surface area contributed by atoms with E-state index in [1.54, 1.807) is 0 Å². The molecule has 0 aliphatic carbocycles. The van der Waals surface area contributed by atoms with Gasteiger partial charge in [0, 0.05) is 5.56 Å². The molecular weight excluding hydrogens is 220 g/mol. The first-order valence-corrected chi connectivity index (χ1v) is 6.48. The fraction of sp³-hybridized carbons (Fsp3) is 0.235. The van der Waals surface area contributed by atoms with E-state index in [0.717, 1.165) is 37.2 Å². The lowest BCUT2D eigenvalue weighted by Gasteiger charge is -2.11. The maximum absolute atomic E-state index is 5.87. The quantitative estimate of drug-likeness (QED) is 0.662. The number of para-hydroxylation sites is 1. The van der Waals surface area contributed by atoms with Crippen molar-refractivity contribution in [1.82, 2.24) is 0 Å². The van der Waals surface area contributed by atoms with Gasteiger partial charge in [-0.2, -0.15) is 0 Å². The number of ether oxygens (including phenoxy) is 1. The van der Waals surface area contributed by atoms with Gasteiger partial charge >= 0.3 is 0 Å². The van der Waals surface area contributed by atoms with E-state index in [0.29, 0.717) is 0 Å². The summed E-state index contributed by atoms with van der Waals surface area (Å²) >= 11 is 0. The average molecular weight is 239 g/mol. The van der Waals surface area contributed by atoms with Crippen molar-refractivity contribution in [1.29, 1.82) is 0 Å². The molecule has 0 saturated heterocycles. The summed E-state index contributed by atoms with van der Waals surface area (Å²) < 4.78 is 5.87. The first-order chi connectivity index (χ1) is 8.92. The third-order valence-corrected chi connectivity index (χ3v) is 2.87. The maximum atomic E-state index is 5.87. The van der Waals surface area contributed by atoms with Gasteiger partial charge in [0.2, 0.25) is 0 Å². The van der Waals surface area contributed by atoms with Gasteiger partial charge in [-0.1, -0.05) is 68.3 Å². The van der Waals surface area contributed by atoms with Crippen LogP contribution in [0.1, 0.15) is 19.3 Å². The number of rotatable bonds is 6. The third-order valence-electron chi connectivity index (χ3n) is 2.87. The van der Waals surface area contributed by atoms with Crippen molar-refractivity contribution >= 4 is 0 Å². The highest BCUT2D eigenvalue weighted by Gasteiger charge is 2.04. The molecule has 93 valence electrons. The van der Waals surface area contributed by atoms with Crippen LogP contribution in [0.2, 0.25) is 0 Å². The van der Waals surface area contributed by atoms with Crippen LogP contribution < -0.4 is 4.74 Å². The summed E-state index contributed by atoms with van der Waals surface area (Å²) in [4.78, 5) is 0. The molecule has 1 nitrogen and oxygen atoms in total. The Hall–Kier alpha value is -1.76. The SMILES string of the molecule is [CH2]CCCCOc1ccccc1-c1ccccc1. The monoisotopic (exact) mass is 239 g/mol. The molecule has 1 heteroatoms. The van der Waals surface area contributed by atoms with Crippen molar-refractivity contribution in [2.24, 2.45) is 0 Å². The highest BCUT2D eigenvalue weighted by Crippen LogP contribution is 2.29. The highest BCUT2D eigenvalue weighted by molar-refractivity contribution is 5.70. The van der Waals surface area contributed by atoms with Gasteiger partial charge < -0.3 is 4.74 Å². The molecule has 0 saturated carbocycles. The molecule has 0 aliphatic heterocycles. The Morgan fingerprint density at radius 2 is 1.56 bits per heavy atom. The van der Waals surface area contributed by atoms with Crippen LogP contribution in [0.3, 0.4) is 0 Å². The van der Waals surface area contributed by atoms with Crippen molar-refractivity contribution < 1.29 is 4.74 Å². The van der Waals surface area contributed by atoms with Crippen molar-refractivity contribution in [2.75, 3.05) is 6.61 Å². The third kappa shape index (κ3) is 3.36. The number of hydrogen-bond donors (Lipinski definition) is 0. The molecule has 0 heterocycles. The molecule has 0 N–H and O–H groups in total. The molecule has 0 unspecified atom stereocenters. The Morgan fingerprint density at radius 1 is 0.833 bits per heavy atom. The zero-order valence-corrected chi connectivity index (χ0v) is 10.6. The van der Waals surface area contributed by atoms with E-state index >= 15 is 0 Å². The first-order valence-electron chi connectivity index (χ1n) is 6.48. The van der Waals surface area contributed by atoms with Gasteiger partial charge in [0.05, 0.1) is 6.61 Å². The minimum Gasteiger partial charge on any atom is -0.493 e. The van der Waals surface area contributed by atoms with Crippen LogP contribution >= 0.6 is 0 Å². The molecule has 2 aromatic carbocycles. The Labute approximate surface area is 109 Å². The van der Waals surface area contributed by atoms with E-state index < -0.39 is 0 Å². The normalized spacial score (nSPS) is 10.3. The molecule has 0 aromatic heterocycles. The molecule has 0 aliphatic rings. The summed E-state index contributed by atoms with van der Waals surface area (Å²) in [6.45, 7) is 4.60. The average Bonchev–Trinajstić information content (AvgIpc) is 2.45. The number of benzene rings is 2. The van der Waals surface area contributed by atoms with E-state index in [4.69, 9.17) is 4.74 Å². The summed E-state index contributed by atoms with van der Waals surface area (Å²) in [5.74, 6) is 0.966. The number of hydrogen-bond acceptors (Lipinski definition) is 1. The molecule has 0 amide bonds. The van der Waals surface area contributed by atoms with Gasteiger partial charge in [0.1, 0.15) is 5.75 Å². The molecule has 0 spiro atoms. The molecule has 18 heavy (non-hydrogen) atoms. The van der Waals surface area contributed by atoms with E-state index in [9.17, 15) is 0 Å². The van der Waals surface area contributed by atoms with Crippen molar-refractivity contribution in [3.63, 3.8) is 0 Å². The predicted molar refractivity (Wildman–Crippen MR) is 76.6 cm³/mol. The summed E-state index contributed by atoms with van der Waals surface area (Å²) in [6.07, 6.45) is 3.16. The summed E-state index contributed by atoms with van der Waals surface area (Å²) in [7, 11) is 0. The second-order valence-electron chi connectivity index (χ2n) is 4.27. The van der Waals surface area contributed by atoms with Crippen LogP contribution in [0.4, 0.5) is 0 Å². The van der Waals surface area contributed by atoms with Gasteiger partial charge in [0.15, 0.2) is 0 Å². The van der Waals surface area contributed by atoms with Crippen molar-refractivity contribution in [3.8, 4) is 16.9 Å². The second-order valence-corrected chi connectivity index (χ2v) is 4.27. The molecular formula is C17H19O. The van der Waals surface area contributed by atoms with Crippen LogP contribution in [-0.4, -0.2) is 6.61 Å². The van der Waals surface area contributed by atoms with Gasteiger partial charge in [0.25, 0.3) is 0 Å². The van der Waals surface area contributed by atoms with E-state index in [-0.39, 0.29) is 0 Å². The Kier molecular flexibility index (Phi) is 4.83. The predicted octanol–water partition coefficient (Wildman–Crippen LogP) is 4.74. The lowest BCUT2D eigenvalue weighted by Crippen LogP contribution is -1.98. The first kappa shape index (κ1) is 12.7. The fourth-order valence-corrected chi connectivity index (χ4v) is 1.91. The standard InChI is InChI=1S/C17H19O/c1-2-3-9-14-18-17-13-8-7-12-16(17)15-10-5-4-6-11-15/h4-8,10-13H,1-3,9,14H2. The minimum atomic E-state index is 0.763. The van der Waals surface area contributed by atoms with Gasteiger partial charge in [-0.25, -0.2) is 0 Å². The summed E-state index contributed by atoms with van der Waals surface area (Å²) in [6, 6.07) is 18.5. The Bertz CT molecular complexity index is 462. The van der Waals surface area contributed by atoms with Crippen molar-refractivity contribution in [2.45, 2.75) is 19.3 Å². The lowest BCUT2D eigenvalue weighted by atomic mass is 10.1. The second kappa shape index (κ2) is 6.85. The highest BCUT2D eigenvalue weighted by atomic mass is 16.5. The van der Waals surface area contributed by atoms with Crippen LogP contribution in [0.15, 0.2) is 54.6 Å². The zero-order chi connectivity index (χ0) is 12.6. The molecule has 0 fully saturated rings. The smallest absolute Gasteiger partial charge is 0.127 e. The maximum Gasteiger partial charge on any atom is 0.127 e. The number of unbranched alkanes of at least 4 members (excludes halogenated alkanes) is 2. The van der Waals surface area contributed by atoms with E-state index in [2.05, 4.69) is 37.3 Å². The zero-order valence-electron chi connectivity index (χ0n) is 10.6. The molecule has 0 atom stereocenters. The van der Waals surface area contributed by atoms with Crippen LogP contribution in [0, 0.1) is 6.92 Å². The summed E-state index contributed by atoms with van der Waals surface area (Å²) in [5.41, 5.74) is 2.36. The molecule has 2 rings (SSSR count). The van der Waals surface area contributed by atoms with E-state index in [1.165, 1.54) is 5.56 Å². The molecule has 1 radical (unpaired) electrons. The Balaban J connectivity index is 2.11. The van der Waals surface area contributed by atoms with Crippen LogP contribution in [-0.2, 0) is 0 Å². The lowest BCUT2D eigenvalue weighted by molar-refractivity contribution is 0.308. The topological polar surface area (TPSA) is 9.23 Å².